The highest BCUT2D eigenvalue weighted by Crippen LogP contribution is 2.16. The predicted octanol–water partition coefficient (Wildman–Crippen LogP) is 5.68. The molecule has 0 saturated carbocycles. The van der Waals surface area contributed by atoms with Crippen LogP contribution in [-0.2, 0) is 28.9 Å². The molecule has 0 aromatic heterocycles. The second-order valence-electron chi connectivity index (χ2n) is 8.10. The third-order valence-electron chi connectivity index (χ3n) is 5.38. The minimum Gasteiger partial charge on any atom is -0.494 e. The van der Waals surface area contributed by atoms with E-state index in [0.29, 0.717) is 30.7 Å². The fourth-order valence-electron chi connectivity index (χ4n) is 3.56. The number of carboxylic acid groups (broad SMARTS) is 1. The van der Waals surface area contributed by atoms with Crippen LogP contribution in [-0.4, -0.2) is 23.6 Å². The number of hydrogen-bond donors (Lipinski definition) is 2. The summed E-state index contributed by atoms with van der Waals surface area (Å²) in [5, 5.41) is 11.7. The highest BCUT2D eigenvalue weighted by Gasteiger charge is 2.05. The number of ether oxygens (including phenoxy) is 1. The summed E-state index contributed by atoms with van der Waals surface area (Å²) in [6.07, 6.45) is 5.44. The number of hydrogen-bond acceptors (Lipinski definition) is 3. The zero-order valence-corrected chi connectivity index (χ0v) is 18.8. The molecule has 0 aliphatic rings. The normalized spacial score (nSPS) is 10.5. The van der Waals surface area contributed by atoms with Crippen LogP contribution in [0.15, 0.2) is 78.9 Å². The molecule has 0 aliphatic heterocycles. The lowest BCUT2D eigenvalue weighted by Crippen LogP contribution is -2.12. The van der Waals surface area contributed by atoms with Gasteiger partial charge in [0.05, 0.1) is 13.0 Å². The molecule has 0 spiro atoms. The zero-order valence-electron chi connectivity index (χ0n) is 18.8. The van der Waals surface area contributed by atoms with Crippen LogP contribution in [0.25, 0.3) is 0 Å². The molecule has 5 heteroatoms. The first-order chi connectivity index (χ1) is 16.1. The number of unbranched alkanes of at least 4 members (excludes halogenated alkanes) is 2. The molecule has 1 amide bonds. The summed E-state index contributed by atoms with van der Waals surface area (Å²) >= 11 is 0. The number of rotatable bonds is 13. The van der Waals surface area contributed by atoms with Crippen LogP contribution < -0.4 is 10.1 Å². The Morgan fingerprint density at radius 1 is 0.727 bits per heavy atom. The van der Waals surface area contributed by atoms with Gasteiger partial charge in [-0.1, -0.05) is 54.6 Å². The van der Waals surface area contributed by atoms with Gasteiger partial charge < -0.3 is 15.2 Å². The summed E-state index contributed by atoms with van der Waals surface area (Å²) in [5.41, 5.74) is 3.84. The monoisotopic (exact) mass is 445 g/mol. The zero-order chi connectivity index (χ0) is 23.3. The van der Waals surface area contributed by atoms with Crippen molar-refractivity contribution >= 4 is 17.6 Å². The molecular formula is C28H31NO4. The molecule has 172 valence electrons. The Morgan fingerprint density at radius 2 is 1.39 bits per heavy atom. The number of carboxylic acids is 1. The molecule has 3 aromatic carbocycles. The van der Waals surface area contributed by atoms with E-state index in [9.17, 15) is 9.59 Å². The van der Waals surface area contributed by atoms with Crippen molar-refractivity contribution in [2.45, 2.75) is 44.9 Å². The summed E-state index contributed by atoms with van der Waals surface area (Å²) in [4.78, 5) is 22.9. The van der Waals surface area contributed by atoms with E-state index in [1.54, 1.807) is 24.3 Å². The van der Waals surface area contributed by atoms with Crippen molar-refractivity contribution in [3.8, 4) is 5.75 Å². The Balaban J connectivity index is 1.30. The molecule has 3 aromatic rings. The minimum absolute atomic E-state index is 0.0256. The van der Waals surface area contributed by atoms with Gasteiger partial charge in [0.2, 0.25) is 5.91 Å². The third kappa shape index (κ3) is 9.19. The number of aryl methyl sites for hydroxylation is 2. The highest BCUT2D eigenvalue weighted by atomic mass is 16.5. The van der Waals surface area contributed by atoms with Crippen molar-refractivity contribution < 1.29 is 19.4 Å². The van der Waals surface area contributed by atoms with Crippen molar-refractivity contribution in [3.63, 3.8) is 0 Å². The molecule has 2 N–H and O–H groups in total. The molecular weight excluding hydrogens is 414 g/mol. The maximum Gasteiger partial charge on any atom is 0.307 e. The molecule has 5 nitrogen and oxygen atoms in total. The molecule has 0 aliphatic carbocycles. The van der Waals surface area contributed by atoms with Crippen molar-refractivity contribution in [2.24, 2.45) is 0 Å². The molecule has 0 heterocycles. The van der Waals surface area contributed by atoms with E-state index < -0.39 is 5.97 Å². The summed E-state index contributed by atoms with van der Waals surface area (Å²) in [7, 11) is 0. The lowest BCUT2D eigenvalue weighted by atomic mass is 10.1. The topological polar surface area (TPSA) is 75.6 Å². The number of benzene rings is 3. The Labute approximate surface area is 195 Å². The van der Waals surface area contributed by atoms with E-state index in [-0.39, 0.29) is 12.3 Å². The molecule has 0 unspecified atom stereocenters. The number of aliphatic carboxylic acids is 1. The van der Waals surface area contributed by atoms with Crippen molar-refractivity contribution in [3.05, 3.63) is 95.6 Å². The van der Waals surface area contributed by atoms with Gasteiger partial charge in [-0.2, -0.15) is 0 Å². The van der Waals surface area contributed by atoms with E-state index in [1.165, 1.54) is 12.0 Å². The van der Waals surface area contributed by atoms with Gasteiger partial charge in [0.25, 0.3) is 0 Å². The van der Waals surface area contributed by atoms with Crippen LogP contribution in [0, 0.1) is 0 Å². The van der Waals surface area contributed by atoms with E-state index >= 15 is 0 Å². The standard InChI is InChI=1S/C28H31NO4/c30-27(29-25-15-10-24(11-16-25)21-28(31)32)19-14-23-12-17-26(18-13-23)33-20-6-2-5-9-22-7-3-1-4-8-22/h1,3-4,7-8,10-13,15-18H,2,5-6,9,14,19-21H2,(H,29,30)(H,31,32). The fraction of sp³-hybridized carbons (Fsp3) is 0.286. The molecule has 33 heavy (non-hydrogen) atoms. The lowest BCUT2D eigenvalue weighted by Gasteiger charge is -2.08. The van der Waals surface area contributed by atoms with Crippen molar-refractivity contribution in [1.82, 2.24) is 0 Å². The second kappa shape index (κ2) is 13.1. The van der Waals surface area contributed by atoms with Crippen LogP contribution in [0.1, 0.15) is 42.4 Å². The van der Waals surface area contributed by atoms with Gasteiger partial charge >= 0.3 is 5.97 Å². The van der Waals surface area contributed by atoms with Gasteiger partial charge in [0.15, 0.2) is 0 Å². The Kier molecular flexibility index (Phi) is 9.52. The smallest absolute Gasteiger partial charge is 0.307 e. The maximum atomic E-state index is 12.2. The van der Waals surface area contributed by atoms with Crippen LogP contribution >= 0.6 is 0 Å². The maximum absolute atomic E-state index is 12.2. The molecule has 0 bridgehead atoms. The molecule has 0 atom stereocenters. The van der Waals surface area contributed by atoms with Gasteiger partial charge in [0.1, 0.15) is 5.75 Å². The van der Waals surface area contributed by atoms with E-state index in [1.807, 2.05) is 30.3 Å². The molecule has 3 rings (SSSR count). The number of carbonyl (C=O) groups is 2. The van der Waals surface area contributed by atoms with Gasteiger partial charge in [-0.05, 0) is 73.1 Å². The summed E-state index contributed by atoms with van der Waals surface area (Å²) in [6.45, 7) is 0.710. The van der Waals surface area contributed by atoms with Crippen LogP contribution in [0.5, 0.6) is 5.75 Å². The van der Waals surface area contributed by atoms with E-state index in [0.717, 1.165) is 30.6 Å². The van der Waals surface area contributed by atoms with Gasteiger partial charge in [-0.25, -0.2) is 0 Å². The molecule has 0 saturated heterocycles. The summed E-state index contributed by atoms with van der Waals surface area (Å²) in [6, 6.07) is 25.3. The lowest BCUT2D eigenvalue weighted by molar-refractivity contribution is -0.136. The van der Waals surface area contributed by atoms with Crippen LogP contribution in [0.2, 0.25) is 0 Å². The highest BCUT2D eigenvalue weighted by molar-refractivity contribution is 5.90. The average molecular weight is 446 g/mol. The predicted molar refractivity (Wildman–Crippen MR) is 131 cm³/mol. The average Bonchev–Trinajstić information content (AvgIpc) is 2.82. The van der Waals surface area contributed by atoms with Gasteiger partial charge in [-0.15, -0.1) is 0 Å². The van der Waals surface area contributed by atoms with E-state index in [4.69, 9.17) is 9.84 Å². The minimum atomic E-state index is -0.873. The second-order valence-corrected chi connectivity index (χ2v) is 8.10. The summed E-state index contributed by atoms with van der Waals surface area (Å²) in [5.74, 6) is -0.0911. The van der Waals surface area contributed by atoms with Crippen molar-refractivity contribution in [1.29, 1.82) is 0 Å². The molecule has 0 radical (unpaired) electrons. The third-order valence-corrected chi connectivity index (χ3v) is 5.38. The Hall–Kier alpha value is -3.60. The Bertz CT molecular complexity index is 998. The SMILES string of the molecule is O=C(O)Cc1ccc(NC(=O)CCc2ccc(OCCCCCc3ccccc3)cc2)cc1. The number of nitrogens with one attached hydrogen (secondary N) is 1. The first-order valence-corrected chi connectivity index (χ1v) is 11.4. The first-order valence-electron chi connectivity index (χ1n) is 11.4. The van der Waals surface area contributed by atoms with Gasteiger partial charge in [0, 0.05) is 12.1 Å². The largest absolute Gasteiger partial charge is 0.494 e. The van der Waals surface area contributed by atoms with Crippen LogP contribution in [0.3, 0.4) is 0 Å². The van der Waals surface area contributed by atoms with E-state index in [2.05, 4.69) is 29.6 Å². The summed E-state index contributed by atoms with van der Waals surface area (Å²) < 4.78 is 5.84. The molecule has 0 fully saturated rings. The number of carbonyl (C=O) groups excluding carboxylic acids is 1. The number of amides is 1. The fourth-order valence-corrected chi connectivity index (χ4v) is 3.56. The van der Waals surface area contributed by atoms with Gasteiger partial charge in [-0.3, -0.25) is 9.59 Å². The number of anilines is 1. The quantitative estimate of drug-likeness (QED) is 0.332. The van der Waals surface area contributed by atoms with Crippen LogP contribution in [0.4, 0.5) is 5.69 Å². The first kappa shape index (κ1) is 24.1. The Morgan fingerprint density at radius 3 is 2.09 bits per heavy atom. The van der Waals surface area contributed by atoms with Crippen molar-refractivity contribution in [2.75, 3.05) is 11.9 Å².